The predicted molar refractivity (Wildman–Crippen MR) is 176 cm³/mol. The van der Waals surface area contributed by atoms with Crippen LogP contribution in [0.3, 0.4) is 0 Å². The van der Waals surface area contributed by atoms with Crippen molar-refractivity contribution in [3.63, 3.8) is 0 Å². The largest absolute Gasteiger partial charge is 0.456 e. The molecule has 0 saturated carbocycles. The quantitative estimate of drug-likeness (QED) is 0.212. The van der Waals surface area contributed by atoms with Crippen molar-refractivity contribution < 1.29 is 8.83 Å². The molecule has 5 heteroatoms. The van der Waals surface area contributed by atoms with Crippen molar-refractivity contribution in [3.05, 3.63) is 140 Å². The average Bonchev–Trinajstić information content (AvgIpc) is 3.67. The minimum atomic E-state index is 0.581. The van der Waals surface area contributed by atoms with Crippen molar-refractivity contribution in [3.8, 4) is 45.3 Å². The first-order chi connectivity index (χ1) is 21.8. The molecule has 5 nitrogen and oxygen atoms in total. The van der Waals surface area contributed by atoms with Gasteiger partial charge in [-0.15, -0.1) is 0 Å². The molecular formula is C39H23N3O2. The number of nitrogens with zero attached hydrogens (tertiary/aromatic N) is 3. The van der Waals surface area contributed by atoms with E-state index in [2.05, 4.69) is 48.5 Å². The number of para-hydroxylation sites is 2. The highest BCUT2D eigenvalue weighted by Crippen LogP contribution is 2.41. The Bertz CT molecular complexity index is 2500. The summed E-state index contributed by atoms with van der Waals surface area (Å²) in [6.07, 6.45) is 0. The second-order valence-corrected chi connectivity index (χ2v) is 10.8. The third-order valence-corrected chi connectivity index (χ3v) is 8.16. The maximum absolute atomic E-state index is 6.54. The topological polar surface area (TPSA) is 65.0 Å². The van der Waals surface area contributed by atoms with Gasteiger partial charge >= 0.3 is 0 Å². The minimum Gasteiger partial charge on any atom is -0.456 e. The molecule has 0 unspecified atom stereocenters. The number of rotatable bonds is 4. The van der Waals surface area contributed by atoms with E-state index in [1.54, 1.807) is 0 Å². The van der Waals surface area contributed by atoms with Crippen LogP contribution in [-0.4, -0.2) is 15.0 Å². The van der Waals surface area contributed by atoms with Gasteiger partial charge in [0, 0.05) is 43.8 Å². The zero-order valence-corrected chi connectivity index (χ0v) is 23.4. The fourth-order valence-electron chi connectivity index (χ4n) is 6.17. The van der Waals surface area contributed by atoms with Crippen LogP contribution in [0.5, 0.6) is 0 Å². The lowest BCUT2D eigenvalue weighted by molar-refractivity contribution is 0.669. The molecule has 0 aliphatic heterocycles. The second kappa shape index (κ2) is 9.75. The highest BCUT2D eigenvalue weighted by molar-refractivity contribution is 6.15. The number of hydrogen-bond donors (Lipinski definition) is 0. The summed E-state index contributed by atoms with van der Waals surface area (Å²) in [7, 11) is 0. The molecule has 0 saturated heterocycles. The number of aromatic nitrogens is 3. The van der Waals surface area contributed by atoms with Gasteiger partial charge in [-0.25, -0.2) is 15.0 Å². The second-order valence-electron chi connectivity index (χ2n) is 10.8. The van der Waals surface area contributed by atoms with Crippen molar-refractivity contribution in [1.82, 2.24) is 15.0 Å². The maximum Gasteiger partial charge on any atom is 0.164 e. The summed E-state index contributed by atoms with van der Waals surface area (Å²) in [5, 5.41) is 4.00. The molecule has 3 aromatic heterocycles. The van der Waals surface area contributed by atoms with Gasteiger partial charge in [-0.1, -0.05) is 121 Å². The summed E-state index contributed by atoms with van der Waals surface area (Å²) in [6.45, 7) is 0. The highest BCUT2D eigenvalue weighted by Gasteiger charge is 2.21. The Morgan fingerprint density at radius 3 is 1.57 bits per heavy atom. The molecule has 9 rings (SSSR count). The van der Waals surface area contributed by atoms with E-state index in [-0.39, 0.29) is 0 Å². The normalized spacial score (nSPS) is 11.6. The molecule has 0 aliphatic rings. The number of fused-ring (bicyclic) bond motifs is 6. The van der Waals surface area contributed by atoms with E-state index >= 15 is 0 Å². The number of benzene rings is 6. The van der Waals surface area contributed by atoms with Gasteiger partial charge in [-0.3, -0.25) is 0 Å². The smallest absolute Gasteiger partial charge is 0.164 e. The Kier molecular flexibility index (Phi) is 5.43. The van der Waals surface area contributed by atoms with Crippen molar-refractivity contribution in [2.24, 2.45) is 0 Å². The molecule has 206 valence electrons. The molecule has 0 aliphatic carbocycles. The molecular weight excluding hydrogens is 542 g/mol. The van der Waals surface area contributed by atoms with Gasteiger partial charge in [0.1, 0.15) is 22.3 Å². The van der Waals surface area contributed by atoms with Crippen molar-refractivity contribution in [2.75, 3.05) is 0 Å². The zero-order chi connectivity index (χ0) is 29.0. The van der Waals surface area contributed by atoms with Crippen LogP contribution >= 0.6 is 0 Å². The van der Waals surface area contributed by atoms with Crippen LogP contribution in [0.25, 0.3) is 89.2 Å². The Morgan fingerprint density at radius 1 is 0.341 bits per heavy atom. The van der Waals surface area contributed by atoms with Gasteiger partial charge in [0.05, 0.1) is 0 Å². The van der Waals surface area contributed by atoms with E-state index in [0.29, 0.717) is 17.5 Å². The Balaban J connectivity index is 1.33. The first-order valence-electron chi connectivity index (χ1n) is 14.5. The van der Waals surface area contributed by atoms with Crippen LogP contribution in [0.15, 0.2) is 148 Å². The van der Waals surface area contributed by atoms with E-state index < -0.39 is 0 Å². The first-order valence-corrected chi connectivity index (χ1v) is 14.5. The lowest BCUT2D eigenvalue weighted by Gasteiger charge is -2.10. The monoisotopic (exact) mass is 565 g/mol. The molecule has 0 bridgehead atoms. The van der Waals surface area contributed by atoms with Crippen LogP contribution in [0, 0.1) is 0 Å². The fourth-order valence-corrected chi connectivity index (χ4v) is 6.17. The SMILES string of the molecule is c1ccc(-c2nc(-c3cccc4oc5ccccc5c34)nc(-c3cccc4oc5c(-c6ccccc6)cccc5c34)n2)cc1. The average molecular weight is 566 g/mol. The fraction of sp³-hybridized carbons (Fsp3) is 0. The summed E-state index contributed by atoms with van der Waals surface area (Å²) < 4.78 is 12.7. The molecule has 6 aromatic carbocycles. The molecule has 44 heavy (non-hydrogen) atoms. The summed E-state index contributed by atoms with van der Waals surface area (Å²) in [6, 6.07) is 46.8. The van der Waals surface area contributed by atoms with Gasteiger partial charge in [0.15, 0.2) is 17.5 Å². The van der Waals surface area contributed by atoms with Crippen LogP contribution < -0.4 is 0 Å². The van der Waals surface area contributed by atoms with E-state index in [9.17, 15) is 0 Å². The minimum absolute atomic E-state index is 0.581. The Morgan fingerprint density at radius 2 is 0.841 bits per heavy atom. The third kappa shape index (κ3) is 3.83. The van der Waals surface area contributed by atoms with Gasteiger partial charge < -0.3 is 8.83 Å². The highest BCUT2D eigenvalue weighted by atomic mass is 16.3. The molecule has 0 radical (unpaired) electrons. The third-order valence-electron chi connectivity index (χ3n) is 8.16. The van der Waals surface area contributed by atoms with E-state index in [1.165, 1.54) is 0 Å². The Labute approximate surface area is 252 Å². The van der Waals surface area contributed by atoms with Crippen LogP contribution in [0.4, 0.5) is 0 Å². The predicted octanol–water partition coefficient (Wildman–Crippen LogP) is 10.3. The van der Waals surface area contributed by atoms with E-state index in [1.807, 2.05) is 91.0 Å². The van der Waals surface area contributed by atoms with Crippen molar-refractivity contribution >= 4 is 43.9 Å². The van der Waals surface area contributed by atoms with Crippen LogP contribution in [0.1, 0.15) is 0 Å². The number of hydrogen-bond acceptors (Lipinski definition) is 5. The lowest BCUT2D eigenvalue weighted by atomic mass is 10.0. The standard InChI is InChI=1S/C39H23N3O2/c1-3-12-24(13-4-1)26-17-9-18-28-35-30(20-11-23-33(35)44-36(26)28)39-41-37(25-14-5-2-6-15-25)40-38(42-39)29-19-10-22-32-34(29)27-16-7-8-21-31(27)43-32/h1-23H. The maximum atomic E-state index is 6.54. The van der Waals surface area contributed by atoms with Crippen LogP contribution in [-0.2, 0) is 0 Å². The molecule has 0 amide bonds. The Hall–Kier alpha value is -6.07. The summed E-state index contributed by atoms with van der Waals surface area (Å²) in [4.78, 5) is 15.2. The van der Waals surface area contributed by atoms with Crippen molar-refractivity contribution in [1.29, 1.82) is 0 Å². The first kappa shape index (κ1) is 24.5. The summed E-state index contributed by atoms with van der Waals surface area (Å²) in [5.41, 5.74) is 8.09. The van der Waals surface area contributed by atoms with Gasteiger partial charge in [-0.05, 0) is 23.8 Å². The molecule has 9 aromatic rings. The van der Waals surface area contributed by atoms with Crippen LogP contribution in [0.2, 0.25) is 0 Å². The molecule has 0 atom stereocenters. The van der Waals surface area contributed by atoms with Crippen molar-refractivity contribution in [2.45, 2.75) is 0 Å². The van der Waals surface area contributed by atoms with E-state index in [0.717, 1.165) is 71.7 Å². The molecule has 0 N–H and O–H groups in total. The van der Waals surface area contributed by atoms with E-state index in [4.69, 9.17) is 23.8 Å². The zero-order valence-electron chi connectivity index (χ0n) is 23.4. The molecule has 0 fully saturated rings. The van der Waals surface area contributed by atoms with Gasteiger partial charge in [0.2, 0.25) is 0 Å². The number of furan rings is 2. The summed E-state index contributed by atoms with van der Waals surface area (Å²) in [5.74, 6) is 1.77. The lowest BCUT2D eigenvalue weighted by Crippen LogP contribution is -2.00. The van der Waals surface area contributed by atoms with Gasteiger partial charge in [-0.2, -0.15) is 0 Å². The molecule has 0 spiro atoms. The summed E-state index contributed by atoms with van der Waals surface area (Å²) >= 11 is 0. The molecule has 3 heterocycles. The van der Waals surface area contributed by atoms with Gasteiger partial charge in [0.25, 0.3) is 0 Å².